The summed E-state index contributed by atoms with van der Waals surface area (Å²) in [6.07, 6.45) is 2.90. The van der Waals surface area contributed by atoms with E-state index in [-0.39, 0.29) is 11.1 Å². The zero-order valence-electron chi connectivity index (χ0n) is 11.9. The van der Waals surface area contributed by atoms with Crippen molar-refractivity contribution in [2.45, 2.75) is 45.1 Å². The number of non-ortho nitro benzene ring substituents is 1. The van der Waals surface area contributed by atoms with E-state index in [9.17, 15) is 14.9 Å². The van der Waals surface area contributed by atoms with E-state index in [1.165, 1.54) is 12.1 Å². The Balaban J connectivity index is 2.31. The number of hydrogen-bond donors (Lipinski definition) is 1. The Kier molecular flexibility index (Phi) is 4.45. The highest BCUT2D eigenvalue weighted by Gasteiger charge is 2.46. The summed E-state index contributed by atoms with van der Waals surface area (Å²) >= 11 is 0. The number of carboxylic acid groups (broad SMARTS) is 1. The summed E-state index contributed by atoms with van der Waals surface area (Å²) in [5, 5.41) is 19.7. The number of hydrogen-bond acceptors (Lipinski definition) is 4. The van der Waals surface area contributed by atoms with Crippen LogP contribution in [-0.2, 0) is 4.74 Å². The van der Waals surface area contributed by atoms with Gasteiger partial charge in [-0.05, 0) is 37.0 Å². The molecule has 2 rings (SSSR count). The largest absolute Gasteiger partial charge is 0.506 e. The molecular formula is C15H19NO5. The average molecular weight is 293 g/mol. The second-order valence-electron chi connectivity index (χ2n) is 5.58. The van der Waals surface area contributed by atoms with Gasteiger partial charge in [0.1, 0.15) is 6.10 Å². The van der Waals surface area contributed by atoms with E-state index in [0.29, 0.717) is 5.56 Å². The molecule has 1 aromatic rings. The number of carbonyl (C=O) groups is 1. The van der Waals surface area contributed by atoms with E-state index in [1.807, 2.05) is 0 Å². The Hall–Kier alpha value is -2.11. The van der Waals surface area contributed by atoms with Gasteiger partial charge in [0.15, 0.2) is 0 Å². The minimum atomic E-state index is -1.30. The predicted octanol–water partition coefficient (Wildman–Crippen LogP) is 4.30. The molecule has 1 N–H and O–H groups in total. The van der Waals surface area contributed by atoms with Crippen molar-refractivity contribution in [3.05, 3.63) is 39.9 Å². The van der Waals surface area contributed by atoms with Crippen molar-refractivity contribution in [1.29, 1.82) is 0 Å². The van der Waals surface area contributed by atoms with Crippen LogP contribution in [0.2, 0.25) is 0 Å². The first kappa shape index (κ1) is 15.3. The maximum absolute atomic E-state index is 11.0. The first-order valence-corrected chi connectivity index (χ1v) is 7.12. The van der Waals surface area contributed by atoms with Gasteiger partial charge in [-0.25, -0.2) is 4.79 Å². The lowest BCUT2D eigenvalue weighted by Gasteiger charge is -2.46. The van der Waals surface area contributed by atoms with E-state index in [4.69, 9.17) is 9.84 Å². The molecule has 1 atom stereocenters. The highest BCUT2D eigenvalue weighted by Crippen LogP contribution is 2.55. The predicted molar refractivity (Wildman–Crippen MR) is 76.1 cm³/mol. The van der Waals surface area contributed by atoms with Crippen LogP contribution in [-0.4, -0.2) is 16.2 Å². The third-order valence-corrected chi connectivity index (χ3v) is 4.28. The molecule has 0 aromatic heterocycles. The van der Waals surface area contributed by atoms with Crippen LogP contribution < -0.4 is 0 Å². The van der Waals surface area contributed by atoms with Crippen molar-refractivity contribution in [1.82, 2.24) is 0 Å². The standard InChI is InChI=1S/C15H19NO5/c1-2-8-15(9-3-10-15)13(21-14(17)18)11-4-6-12(7-5-11)16(19)20/h4-7,13H,2-3,8-10H2,1H3,(H,17,18). The number of rotatable bonds is 6. The van der Waals surface area contributed by atoms with Crippen LogP contribution in [0.3, 0.4) is 0 Å². The minimum absolute atomic E-state index is 0.00836. The maximum atomic E-state index is 11.0. The van der Waals surface area contributed by atoms with Crippen LogP contribution in [0.4, 0.5) is 10.5 Å². The summed E-state index contributed by atoms with van der Waals surface area (Å²) in [5.41, 5.74) is 0.519. The number of nitrogens with zero attached hydrogens (tertiary/aromatic N) is 1. The van der Waals surface area contributed by atoms with Crippen molar-refractivity contribution >= 4 is 11.8 Å². The zero-order valence-corrected chi connectivity index (χ0v) is 11.9. The van der Waals surface area contributed by atoms with Gasteiger partial charge in [0, 0.05) is 17.5 Å². The molecule has 1 fully saturated rings. The lowest BCUT2D eigenvalue weighted by atomic mass is 9.61. The molecule has 0 bridgehead atoms. The second-order valence-corrected chi connectivity index (χ2v) is 5.58. The third-order valence-electron chi connectivity index (χ3n) is 4.28. The molecule has 0 radical (unpaired) electrons. The molecule has 0 aliphatic heterocycles. The Labute approximate surface area is 122 Å². The molecule has 6 heteroatoms. The van der Waals surface area contributed by atoms with E-state index < -0.39 is 17.2 Å². The zero-order chi connectivity index (χ0) is 15.5. The van der Waals surface area contributed by atoms with Crippen molar-refractivity contribution < 1.29 is 19.6 Å². The first-order chi connectivity index (χ1) is 9.98. The van der Waals surface area contributed by atoms with E-state index in [0.717, 1.165) is 32.1 Å². The summed E-state index contributed by atoms with van der Waals surface area (Å²) in [6.45, 7) is 2.06. The third kappa shape index (κ3) is 3.15. The molecule has 0 amide bonds. The fraction of sp³-hybridized carbons (Fsp3) is 0.533. The number of ether oxygens (including phenoxy) is 1. The summed E-state index contributed by atoms with van der Waals surface area (Å²) < 4.78 is 5.14. The summed E-state index contributed by atoms with van der Waals surface area (Å²) in [7, 11) is 0. The smallest absolute Gasteiger partial charge is 0.450 e. The number of benzene rings is 1. The van der Waals surface area contributed by atoms with E-state index >= 15 is 0 Å². The van der Waals surface area contributed by atoms with Gasteiger partial charge in [0.2, 0.25) is 0 Å². The van der Waals surface area contributed by atoms with Crippen molar-refractivity contribution in [3.8, 4) is 0 Å². The summed E-state index contributed by atoms with van der Waals surface area (Å²) in [6, 6.07) is 5.99. The molecule has 1 unspecified atom stereocenters. The maximum Gasteiger partial charge on any atom is 0.506 e. The van der Waals surface area contributed by atoms with E-state index in [2.05, 4.69) is 6.92 Å². The van der Waals surface area contributed by atoms with Crippen LogP contribution in [0.5, 0.6) is 0 Å². The molecule has 1 aromatic carbocycles. The quantitative estimate of drug-likeness (QED) is 0.479. The van der Waals surface area contributed by atoms with Crippen molar-refractivity contribution in [3.63, 3.8) is 0 Å². The fourth-order valence-corrected chi connectivity index (χ4v) is 3.19. The minimum Gasteiger partial charge on any atom is -0.450 e. The fourth-order valence-electron chi connectivity index (χ4n) is 3.19. The molecule has 6 nitrogen and oxygen atoms in total. The average Bonchev–Trinajstić information content (AvgIpc) is 2.40. The summed E-state index contributed by atoms with van der Waals surface area (Å²) in [5.74, 6) is 0. The highest BCUT2D eigenvalue weighted by molar-refractivity contribution is 5.57. The second kappa shape index (κ2) is 6.11. The van der Waals surface area contributed by atoms with Gasteiger partial charge in [0.25, 0.3) is 5.69 Å². The Morgan fingerprint density at radius 1 is 1.43 bits per heavy atom. The van der Waals surface area contributed by atoms with Crippen LogP contribution in [0.15, 0.2) is 24.3 Å². The Bertz CT molecular complexity index is 521. The van der Waals surface area contributed by atoms with Crippen LogP contribution in [0.25, 0.3) is 0 Å². The van der Waals surface area contributed by atoms with Crippen molar-refractivity contribution in [2.75, 3.05) is 0 Å². The summed E-state index contributed by atoms with van der Waals surface area (Å²) in [4.78, 5) is 21.3. The molecule has 0 saturated heterocycles. The lowest BCUT2D eigenvalue weighted by molar-refractivity contribution is -0.384. The first-order valence-electron chi connectivity index (χ1n) is 7.12. The van der Waals surface area contributed by atoms with Gasteiger partial charge in [-0.3, -0.25) is 10.1 Å². The molecular weight excluding hydrogens is 274 g/mol. The lowest BCUT2D eigenvalue weighted by Crippen LogP contribution is -2.38. The monoisotopic (exact) mass is 293 g/mol. The van der Waals surface area contributed by atoms with Crippen LogP contribution in [0.1, 0.15) is 50.7 Å². The van der Waals surface area contributed by atoms with E-state index in [1.54, 1.807) is 12.1 Å². The molecule has 0 spiro atoms. The van der Waals surface area contributed by atoms with Crippen LogP contribution >= 0.6 is 0 Å². The molecule has 1 aliphatic carbocycles. The van der Waals surface area contributed by atoms with Gasteiger partial charge in [-0.2, -0.15) is 0 Å². The number of nitro benzene ring substituents is 1. The normalized spacial score (nSPS) is 17.6. The van der Waals surface area contributed by atoms with Gasteiger partial charge in [-0.1, -0.05) is 19.8 Å². The molecule has 1 aliphatic rings. The molecule has 1 saturated carbocycles. The number of nitro groups is 1. The van der Waals surface area contributed by atoms with Crippen molar-refractivity contribution in [2.24, 2.45) is 5.41 Å². The molecule has 21 heavy (non-hydrogen) atoms. The Morgan fingerprint density at radius 3 is 2.43 bits per heavy atom. The van der Waals surface area contributed by atoms with Gasteiger partial charge in [-0.15, -0.1) is 0 Å². The van der Waals surface area contributed by atoms with Gasteiger partial charge < -0.3 is 9.84 Å². The van der Waals surface area contributed by atoms with Crippen LogP contribution in [0, 0.1) is 15.5 Å². The van der Waals surface area contributed by atoms with Gasteiger partial charge >= 0.3 is 6.16 Å². The SMILES string of the molecule is CCCC1(C(OC(=O)O)c2ccc([N+](=O)[O-])cc2)CCC1. The topological polar surface area (TPSA) is 89.7 Å². The highest BCUT2D eigenvalue weighted by atomic mass is 16.7. The Morgan fingerprint density at radius 2 is 2.05 bits per heavy atom. The molecule has 114 valence electrons. The van der Waals surface area contributed by atoms with Gasteiger partial charge in [0.05, 0.1) is 4.92 Å². The molecule has 0 heterocycles.